The molecule has 4 nitrogen and oxygen atoms in total. The quantitative estimate of drug-likeness (QED) is 0.764. The predicted molar refractivity (Wildman–Crippen MR) is 78.4 cm³/mol. The maximum atomic E-state index is 12.2. The molecule has 0 bridgehead atoms. The van der Waals surface area contributed by atoms with Gasteiger partial charge >= 0.3 is 0 Å². The van der Waals surface area contributed by atoms with Crippen LogP contribution in [-0.4, -0.2) is 15.9 Å². The van der Waals surface area contributed by atoms with Gasteiger partial charge in [0.15, 0.2) is 0 Å². The van der Waals surface area contributed by atoms with Gasteiger partial charge in [-0.05, 0) is 30.7 Å². The van der Waals surface area contributed by atoms with Crippen molar-refractivity contribution in [1.29, 1.82) is 0 Å². The Hall–Kier alpha value is -2.62. The largest absolute Gasteiger partial charge is 0.344 e. The van der Waals surface area contributed by atoms with Crippen LogP contribution in [0.25, 0.3) is 11.0 Å². The van der Waals surface area contributed by atoms with Crippen LogP contribution >= 0.6 is 0 Å². The molecule has 1 aromatic carbocycles. The van der Waals surface area contributed by atoms with Crippen LogP contribution in [0.5, 0.6) is 0 Å². The average molecular weight is 265 g/mol. The number of aromatic nitrogens is 2. The summed E-state index contributed by atoms with van der Waals surface area (Å²) in [5, 5.41) is 3.91. The molecular weight excluding hydrogens is 250 g/mol. The van der Waals surface area contributed by atoms with E-state index in [-0.39, 0.29) is 11.9 Å². The predicted octanol–water partition coefficient (Wildman–Crippen LogP) is 3.05. The van der Waals surface area contributed by atoms with Gasteiger partial charge in [-0.15, -0.1) is 0 Å². The Bertz CT molecular complexity index is 701. The number of H-pyrrole nitrogens is 1. The zero-order chi connectivity index (χ0) is 13.9. The lowest BCUT2D eigenvalue weighted by molar-refractivity contribution is 0.0935. The van der Waals surface area contributed by atoms with Gasteiger partial charge in [-0.2, -0.15) is 0 Å². The number of nitrogens with zero attached hydrogens (tertiary/aromatic N) is 1. The third-order valence-corrected chi connectivity index (χ3v) is 3.28. The number of hydrogen-bond donors (Lipinski definition) is 2. The second-order valence-electron chi connectivity index (χ2n) is 4.73. The van der Waals surface area contributed by atoms with Crippen LogP contribution in [0.2, 0.25) is 0 Å². The maximum absolute atomic E-state index is 12.2. The summed E-state index contributed by atoms with van der Waals surface area (Å²) in [5.41, 5.74) is 2.33. The van der Waals surface area contributed by atoms with E-state index >= 15 is 0 Å². The number of amides is 1. The Balaban J connectivity index is 1.79. The minimum Gasteiger partial charge on any atom is -0.344 e. The van der Waals surface area contributed by atoms with Crippen LogP contribution < -0.4 is 5.32 Å². The fraction of sp³-hybridized carbons (Fsp3) is 0.125. The summed E-state index contributed by atoms with van der Waals surface area (Å²) in [6.07, 6.45) is 1.70. The number of pyridine rings is 1. The van der Waals surface area contributed by atoms with E-state index < -0.39 is 0 Å². The van der Waals surface area contributed by atoms with E-state index in [0.29, 0.717) is 5.69 Å². The highest BCUT2D eigenvalue weighted by Crippen LogP contribution is 2.15. The van der Waals surface area contributed by atoms with Crippen molar-refractivity contribution < 1.29 is 4.79 Å². The number of hydrogen-bond acceptors (Lipinski definition) is 2. The average Bonchev–Trinajstić information content (AvgIpc) is 2.92. The second kappa shape index (κ2) is 5.17. The number of nitrogens with one attached hydrogen (secondary N) is 2. The molecule has 0 aliphatic heterocycles. The molecule has 0 radical (unpaired) electrons. The molecule has 0 spiro atoms. The van der Waals surface area contributed by atoms with Gasteiger partial charge in [0.25, 0.3) is 5.91 Å². The van der Waals surface area contributed by atoms with Gasteiger partial charge in [-0.3, -0.25) is 4.79 Å². The van der Waals surface area contributed by atoms with Crippen LogP contribution in [0.4, 0.5) is 0 Å². The number of carbonyl (C=O) groups excluding carboxylic acids is 1. The Kier molecular flexibility index (Phi) is 3.21. The highest BCUT2D eigenvalue weighted by molar-refractivity contribution is 5.97. The van der Waals surface area contributed by atoms with Crippen molar-refractivity contribution in [2.24, 2.45) is 0 Å². The zero-order valence-electron chi connectivity index (χ0n) is 11.1. The molecule has 100 valence electrons. The van der Waals surface area contributed by atoms with E-state index in [2.05, 4.69) is 15.3 Å². The van der Waals surface area contributed by atoms with E-state index in [1.807, 2.05) is 55.5 Å². The SMILES string of the molecule is CC(NC(=O)c1cc2cccnc2[nH]1)c1ccccc1. The van der Waals surface area contributed by atoms with Crippen LogP contribution in [0.3, 0.4) is 0 Å². The monoisotopic (exact) mass is 265 g/mol. The molecule has 1 unspecified atom stereocenters. The minimum absolute atomic E-state index is 0.0388. The third kappa shape index (κ3) is 2.40. The number of fused-ring (bicyclic) bond motifs is 1. The van der Waals surface area contributed by atoms with Crippen LogP contribution in [-0.2, 0) is 0 Å². The zero-order valence-corrected chi connectivity index (χ0v) is 11.1. The maximum Gasteiger partial charge on any atom is 0.268 e. The highest BCUT2D eigenvalue weighted by atomic mass is 16.1. The summed E-state index contributed by atoms with van der Waals surface area (Å²) in [4.78, 5) is 19.4. The first-order chi connectivity index (χ1) is 9.74. The van der Waals surface area contributed by atoms with Crippen LogP contribution in [0.1, 0.15) is 29.0 Å². The van der Waals surface area contributed by atoms with Crippen molar-refractivity contribution in [2.45, 2.75) is 13.0 Å². The molecule has 2 aromatic heterocycles. The molecule has 2 N–H and O–H groups in total. The molecule has 3 aromatic rings. The minimum atomic E-state index is -0.126. The van der Waals surface area contributed by atoms with Gasteiger partial charge in [-0.25, -0.2) is 4.98 Å². The van der Waals surface area contributed by atoms with Gasteiger partial charge in [-0.1, -0.05) is 30.3 Å². The molecule has 4 heteroatoms. The molecule has 0 saturated carbocycles. The Morgan fingerprint density at radius 3 is 2.75 bits per heavy atom. The summed E-state index contributed by atoms with van der Waals surface area (Å²) >= 11 is 0. The Morgan fingerprint density at radius 1 is 1.20 bits per heavy atom. The normalized spacial score (nSPS) is 12.2. The number of aromatic amines is 1. The molecule has 1 atom stereocenters. The van der Waals surface area contributed by atoms with Crippen molar-refractivity contribution in [1.82, 2.24) is 15.3 Å². The van der Waals surface area contributed by atoms with Crippen molar-refractivity contribution in [3.8, 4) is 0 Å². The van der Waals surface area contributed by atoms with E-state index in [1.54, 1.807) is 6.20 Å². The Morgan fingerprint density at radius 2 is 2.00 bits per heavy atom. The summed E-state index contributed by atoms with van der Waals surface area (Å²) < 4.78 is 0. The summed E-state index contributed by atoms with van der Waals surface area (Å²) in [6.45, 7) is 1.97. The van der Waals surface area contributed by atoms with Gasteiger partial charge in [0.1, 0.15) is 11.3 Å². The summed E-state index contributed by atoms with van der Waals surface area (Å²) in [5.74, 6) is -0.126. The molecule has 0 aliphatic rings. The van der Waals surface area contributed by atoms with Crippen LogP contribution in [0, 0.1) is 0 Å². The molecular formula is C16H15N3O. The first-order valence-electron chi connectivity index (χ1n) is 6.53. The number of rotatable bonds is 3. The van der Waals surface area contributed by atoms with Crippen molar-refractivity contribution in [2.75, 3.05) is 0 Å². The number of benzene rings is 1. The van der Waals surface area contributed by atoms with E-state index in [4.69, 9.17) is 0 Å². The molecule has 1 amide bonds. The first kappa shape index (κ1) is 12.4. The summed E-state index contributed by atoms with van der Waals surface area (Å²) in [6, 6.07) is 15.4. The van der Waals surface area contributed by atoms with Gasteiger partial charge in [0.05, 0.1) is 6.04 Å². The van der Waals surface area contributed by atoms with Crippen molar-refractivity contribution in [3.05, 3.63) is 66.0 Å². The van der Waals surface area contributed by atoms with Gasteiger partial charge in [0.2, 0.25) is 0 Å². The summed E-state index contributed by atoms with van der Waals surface area (Å²) in [7, 11) is 0. The highest BCUT2D eigenvalue weighted by Gasteiger charge is 2.13. The van der Waals surface area contributed by atoms with E-state index in [9.17, 15) is 4.79 Å². The molecule has 3 rings (SSSR count). The molecule has 0 aliphatic carbocycles. The lowest BCUT2D eigenvalue weighted by Crippen LogP contribution is -2.26. The van der Waals surface area contributed by atoms with Crippen molar-refractivity contribution >= 4 is 16.9 Å². The first-order valence-corrected chi connectivity index (χ1v) is 6.53. The molecule has 2 heterocycles. The number of carbonyl (C=O) groups is 1. The Labute approximate surface area is 116 Å². The van der Waals surface area contributed by atoms with E-state index in [0.717, 1.165) is 16.6 Å². The molecule has 20 heavy (non-hydrogen) atoms. The lowest BCUT2D eigenvalue weighted by Gasteiger charge is -2.13. The fourth-order valence-corrected chi connectivity index (χ4v) is 2.18. The fourth-order valence-electron chi connectivity index (χ4n) is 2.18. The smallest absolute Gasteiger partial charge is 0.268 e. The lowest BCUT2D eigenvalue weighted by atomic mass is 10.1. The van der Waals surface area contributed by atoms with E-state index in [1.165, 1.54) is 0 Å². The van der Waals surface area contributed by atoms with Crippen LogP contribution in [0.15, 0.2) is 54.7 Å². The molecule has 0 fully saturated rings. The van der Waals surface area contributed by atoms with Gasteiger partial charge in [0, 0.05) is 11.6 Å². The topological polar surface area (TPSA) is 57.8 Å². The molecule has 0 saturated heterocycles. The second-order valence-corrected chi connectivity index (χ2v) is 4.73. The standard InChI is InChI=1S/C16H15N3O/c1-11(12-6-3-2-4-7-12)18-16(20)14-10-13-8-5-9-17-15(13)19-14/h2-11H,1H3,(H,17,19)(H,18,20). The van der Waals surface area contributed by atoms with Crippen molar-refractivity contribution in [3.63, 3.8) is 0 Å². The van der Waals surface area contributed by atoms with Gasteiger partial charge < -0.3 is 10.3 Å². The third-order valence-electron chi connectivity index (χ3n) is 3.28.